The van der Waals surface area contributed by atoms with Crippen molar-refractivity contribution in [2.45, 2.75) is 32.9 Å². The van der Waals surface area contributed by atoms with Gasteiger partial charge >= 0.3 is 0 Å². The summed E-state index contributed by atoms with van der Waals surface area (Å²) in [6.07, 6.45) is 0.720. The summed E-state index contributed by atoms with van der Waals surface area (Å²) in [5, 5.41) is 12.2. The van der Waals surface area contributed by atoms with E-state index in [1.807, 2.05) is 13.0 Å². The Balaban J connectivity index is 2.01. The zero-order valence-corrected chi connectivity index (χ0v) is 12.1. The SMILES string of the molecule is CCCNc1cc(C)nc(CN2CCOC(C#N)C2)n1. The second kappa shape index (κ2) is 7.17. The van der Waals surface area contributed by atoms with Crippen molar-refractivity contribution in [3.63, 3.8) is 0 Å². The third-order valence-electron chi connectivity index (χ3n) is 3.12. The summed E-state index contributed by atoms with van der Waals surface area (Å²) in [7, 11) is 0. The predicted octanol–water partition coefficient (Wildman–Crippen LogP) is 1.33. The molecule has 6 heteroatoms. The second-order valence-corrected chi connectivity index (χ2v) is 4.96. The molecule has 6 nitrogen and oxygen atoms in total. The Bertz CT molecular complexity index is 485. The van der Waals surface area contributed by atoms with Gasteiger partial charge in [0.1, 0.15) is 11.6 Å². The zero-order chi connectivity index (χ0) is 14.4. The maximum Gasteiger partial charge on any atom is 0.156 e. The summed E-state index contributed by atoms with van der Waals surface area (Å²) in [4.78, 5) is 11.2. The molecule has 0 amide bonds. The van der Waals surface area contributed by atoms with E-state index in [9.17, 15) is 0 Å². The van der Waals surface area contributed by atoms with Gasteiger partial charge in [-0.3, -0.25) is 4.90 Å². The van der Waals surface area contributed by atoms with Gasteiger partial charge in [-0.2, -0.15) is 5.26 Å². The van der Waals surface area contributed by atoms with Crippen LogP contribution < -0.4 is 5.32 Å². The van der Waals surface area contributed by atoms with E-state index in [0.29, 0.717) is 19.7 Å². The largest absolute Gasteiger partial charge is 0.370 e. The Kier molecular flexibility index (Phi) is 5.27. The minimum absolute atomic E-state index is 0.341. The van der Waals surface area contributed by atoms with Crippen molar-refractivity contribution in [3.05, 3.63) is 17.6 Å². The number of anilines is 1. The molecule has 0 spiro atoms. The van der Waals surface area contributed by atoms with Gasteiger partial charge < -0.3 is 10.1 Å². The fourth-order valence-electron chi connectivity index (χ4n) is 2.17. The van der Waals surface area contributed by atoms with Gasteiger partial charge in [-0.1, -0.05) is 6.92 Å². The molecule has 1 aromatic heterocycles. The van der Waals surface area contributed by atoms with E-state index in [4.69, 9.17) is 10.00 Å². The summed E-state index contributed by atoms with van der Waals surface area (Å²) < 4.78 is 5.34. The number of hydrogen-bond donors (Lipinski definition) is 1. The number of rotatable bonds is 5. The topological polar surface area (TPSA) is 74.1 Å². The number of hydrogen-bond acceptors (Lipinski definition) is 6. The van der Waals surface area contributed by atoms with Crippen molar-refractivity contribution >= 4 is 5.82 Å². The molecule has 0 bridgehead atoms. The number of ether oxygens (including phenoxy) is 1. The zero-order valence-electron chi connectivity index (χ0n) is 12.1. The molecular weight excluding hydrogens is 254 g/mol. The van der Waals surface area contributed by atoms with Crippen LogP contribution >= 0.6 is 0 Å². The van der Waals surface area contributed by atoms with Gasteiger partial charge in [-0.25, -0.2) is 9.97 Å². The van der Waals surface area contributed by atoms with Crippen LogP contribution in [-0.2, 0) is 11.3 Å². The molecule has 1 saturated heterocycles. The molecule has 1 atom stereocenters. The van der Waals surface area contributed by atoms with Crippen LogP contribution in [0.25, 0.3) is 0 Å². The number of nitrogens with one attached hydrogen (secondary N) is 1. The Morgan fingerprint density at radius 1 is 1.55 bits per heavy atom. The van der Waals surface area contributed by atoms with Crippen LogP contribution in [0.4, 0.5) is 5.82 Å². The normalized spacial score (nSPS) is 19.6. The van der Waals surface area contributed by atoms with Crippen molar-refractivity contribution in [2.24, 2.45) is 0 Å². The van der Waals surface area contributed by atoms with Gasteiger partial charge in [-0.05, 0) is 13.3 Å². The first-order valence-corrected chi connectivity index (χ1v) is 7.03. The van der Waals surface area contributed by atoms with E-state index < -0.39 is 0 Å². The molecule has 1 aliphatic heterocycles. The molecule has 1 aliphatic rings. The molecule has 1 N–H and O–H groups in total. The van der Waals surface area contributed by atoms with E-state index in [2.05, 4.69) is 33.2 Å². The lowest BCUT2D eigenvalue weighted by atomic mass is 10.3. The Labute approximate surface area is 119 Å². The van der Waals surface area contributed by atoms with Crippen LogP contribution in [-0.4, -0.2) is 47.2 Å². The summed E-state index contributed by atoms with van der Waals surface area (Å²) in [5.41, 5.74) is 0.957. The van der Waals surface area contributed by atoms with Crippen LogP contribution in [0.5, 0.6) is 0 Å². The standard InChI is InChI=1S/C14H21N5O/c1-3-4-16-13-7-11(2)17-14(18-13)10-19-5-6-20-12(8-15)9-19/h7,12H,3-6,9-10H2,1-2H3,(H,16,17,18). The first-order valence-electron chi connectivity index (χ1n) is 7.03. The fourth-order valence-corrected chi connectivity index (χ4v) is 2.17. The van der Waals surface area contributed by atoms with E-state index in [1.165, 1.54) is 0 Å². The average Bonchev–Trinajstić information content (AvgIpc) is 2.44. The molecular formula is C14H21N5O. The Hall–Kier alpha value is -1.71. The lowest BCUT2D eigenvalue weighted by molar-refractivity contribution is -0.00358. The molecule has 20 heavy (non-hydrogen) atoms. The number of nitriles is 1. The van der Waals surface area contributed by atoms with Crippen molar-refractivity contribution in [1.82, 2.24) is 14.9 Å². The van der Waals surface area contributed by atoms with Gasteiger partial charge in [-0.15, -0.1) is 0 Å². The predicted molar refractivity (Wildman–Crippen MR) is 76.2 cm³/mol. The van der Waals surface area contributed by atoms with Gasteiger partial charge in [0, 0.05) is 31.4 Å². The molecule has 1 aromatic rings. The molecule has 0 saturated carbocycles. The van der Waals surface area contributed by atoms with Crippen molar-refractivity contribution in [3.8, 4) is 6.07 Å². The van der Waals surface area contributed by atoms with E-state index in [0.717, 1.165) is 36.8 Å². The highest BCUT2D eigenvalue weighted by molar-refractivity contribution is 5.35. The van der Waals surface area contributed by atoms with E-state index in [-0.39, 0.29) is 6.10 Å². The van der Waals surface area contributed by atoms with E-state index in [1.54, 1.807) is 0 Å². The third kappa shape index (κ3) is 4.15. The van der Waals surface area contributed by atoms with Crippen LogP contribution in [0.15, 0.2) is 6.07 Å². The molecule has 0 aromatic carbocycles. The van der Waals surface area contributed by atoms with Gasteiger partial charge in [0.05, 0.1) is 19.2 Å². The fraction of sp³-hybridized carbons (Fsp3) is 0.643. The number of aromatic nitrogens is 2. The van der Waals surface area contributed by atoms with Gasteiger partial charge in [0.15, 0.2) is 6.10 Å². The van der Waals surface area contributed by atoms with Gasteiger partial charge in [0.2, 0.25) is 0 Å². The molecule has 2 heterocycles. The third-order valence-corrected chi connectivity index (χ3v) is 3.12. The monoisotopic (exact) mass is 275 g/mol. The highest BCUT2D eigenvalue weighted by Crippen LogP contribution is 2.11. The minimum atomic E-state index is -0.341. The maximum atomic E-state index is 8.92. The molecule has 2 rings (SSSR count). The number of aryl methyl sites for hydroxylation is 1. The van der Waals surface area contributed by atoms with Crippen LogP contribution in [0.3, 0.4) is 0 Å². The molecule has 0 aliphatic carbocycles. The molecule has 108 valence electrons. The lowest BCUT2D eigenvalue weighted by Gasteiger charge is -2.29. The van der Waals surface area contributed by atoms with Crippen LogP contribution in [0.1, 0.15) is 24.9 Å². The average molecular weight is 275 g/mol. The first kappa shape index (κ1) is 14.7. The number of nitrogens with zero attached hydrogens (tertiary/aromatic N) is 4. The number of morpholine rings is 1. The summed E-state index contributed by atoms with van der Waals surface area (Å²) >= 11 is 0. The van der Waals surface area contributed by atoms with E-state index >= 15 is 0 Å². The first-order chi connectivity index (χ1) is 9.71. The van der Waals surface area contributed by atoms with Gasteiger partial charge in [0.25, 0.3) is 0 Å². The smallest absolute Gasteiger partial charge is 0.156 e. The Morgan fingerprint density at radius 2 is 2.40 bits per heavy atom. The highest BCUT2D eigenvalue weighted by atomic mass is 16.5. The maximum absolute atomic E-state index is 8.92. The quantitative estimate of drug-likeness (QED) is 0.874. The highest BCUT2D eigenvalue weighted by Gasteiger charge is 2.20. The molecule has 1 fully saturated rings. The molecule has 1 unspecified atom stereocenters. The molecule has 0 radical (unpaired) electrons. The van der Waals surface area contributed by atoms with Crippen LogP contribution in [0.2, 0.25) is 0 Å². The summed E-state index contributed by atoms with van der Waals surface area (Å²) in [6, 6.07) is 4.11. The lowest BCUT2D eigenvalue weighted by Crippen LogP contribution is -2.41. The summed E-state index contributed by atoms with van der Waals surface area (Å²) in [6.45, 7) is 7.68. The Morgan fingerprint density at radius 3 is 3.15 bits per heavy atom. The van der Waals surface area contributed by atoms with Crippen molar-refractivity contribution < 1.29 is 4.74 Å². The van der Waals surface area contributed by atoms with Crippen molar-refractivity contribution in [2.75, 3.05) is 31.6 Å². The van der Waals surface area contributed by atoms with Crippen LogP contribution in [0, 0.1) is 18.3 Å². The second-order valence-electron chi connectivity index (χ2n) is 4.96. The minimum Gasteiger partial charge on any atom is -0.370 e. The van der Waals surface area contributed by atoms with Crippen molar-refractivity contribution in [1.29, 1.82) is 5.26 Å². The summed E-state index contributed by atoms with van der Waals surface area (Å²) in [5.74, 6) is 1.67.